The maximum atomic E-state index is 6.10. The first-order valence-corrected chi connectivity index (χ1v) is 50.5. The number of anilines is 9. The Hall–Kier alpha value is -18.3. The molecule has 0 saturated carbocycles. The van der Waals surface area contributed by atoms with Gasteiger partial charge in [-0.3, -0.25) is 0 Å². The lowest BCUT2D eigenvalue weighted by Gasteiger charge is -2.33. The van der Waals surface area contributed by atoms with Crippen molar-refractivity contribution in [3.05, 3.63) is 510 Å². The summed E-state index contributed by atoms with van der Waals surface area (Å²) in [5.41, 5.74) is 30.0. The van der Waals surface area contributed by atoms with Crippen molar-refractivity contribution in [2.75, 3.05) is 14.7 Å². The van der Waals surface area contributed by atoms with Gasteiger partial charge < -0.3 is 19.1 Å². The van der Waals surface area contributed by atoms with E-state index in [-0.39, 0.29) is 0 Å². The van der Waals surface area contributed by atoms with Gasteiger partial charge in [0.1, 0.15) is 11.2 Å². The molecule has 0 atom stereocenters. The first kappa shape index (κ1) is 88.1. The molecule has 24 aromatic rings. The summed E-state index contributed by atoms with van der Waals surface area (Å²) in [5, 5.41) is 2.26. The largest absolute Gasteiger partial charge is 0.456 e. The summed E-state index contributed by atoms with van der Waals surface area (Å²) < 4.78 is 6.10. The Bertz CT molecular complexity index is 8620. The highest BCUT2D eigenvalue weighted by Crippen LogP contribution is 2.57. The molecule has 4 aromatic heterocycles. The lowest BCUT2D eigenvalue weighted by atomic mass is 10.0. The molecule has 0 spiro atoms. The van der Waals surface area contributed by atoms with Crippen LogP contribution in [0.1, 0.15) is 0 Å². The van der Waals surface area contributed by atoms with E-state index in [4.69, 9.17) is 49.3 Å². The van der Waals surface area contributed by atoms with E-state index in [9.17, 15) is 0 Å². The van der Waals surface area contributed by atoms with E-state index < -0.39 is 0 Å². The number of hydrogen-bond donors (Lipinski definition) is 0. The molecule has 0 fully saturated rings. The van der Waals surface area contributed by atoms with Gasteiger partial charge in [0.2, 0.25) is 0 Å². The number of aromatic nitrogens is 9. The van der Waals surface area contributed by atoms with Crippen LogP contribution in [0.15, 0.2) is 543 Å². The molecule has 3 aliphatic heterocycles. The molecule has 3 aliphatic rings. The van der Waals surface area contributed by atoms with Crippen molar-refractivity contribution in [2.24, 2.45) is 0 Å². The molecule has 0 unspecified atom stereocenters. The number of fused-ring (bicyclic) bond motifs is 9. The molecule has 0 amide bonds. The number of rotatable bonds is 16. The number of nitrogens with zero attached hydrogens (tertiary/aromatic N) is 12. The predicted molar refractivity (Wildman–Crippen MR) is 594 cm³/mol. The Morgan fingerprint density at radius 2 is 0.331 bits per heavy atom. The molecule has 0 saturated heterocycles. The second-order valence-electron chi connectivity index (χ2n) is 35.1. The molecule has 145 heavy (non-hydrogen) atoms. The third kappa shape index (κ3) is 18.1. The highest BCUT2D eigenvalue weighted by atomic mass is 32.2. The molecule has 16 heteroatoms. The van der Waals surface area contributed by atoms with Crippen molar-refractivity contribution in [3.63, 3.8) is 0 Å². The van der Waals surface area contributed by atoms with E-state index in [1.165, 1.54) is 79.7 Å². The van der Waals surface area contributed by atoms with Gasteiger partial charge in [-0.05, 0) is 208 Å². The number of hydrogen-bond acceptors (Lipinski definition) is 16. The summed E-state index contributed by atoms with van der Waals surface area (Å²) in [5.74, 6) is 5.83. The Morgan fingerprint density at radius 1 is 0.138 bits per heavy atom. The zero-order chi connectivity index (χ0) is 96.3. The molecule has 684 valence electrons. The molecule has 0 N–H and O–H groups in total. The number of furan rings is 1. The average Bonchev–Trinajstić information content (AvgIpc) is 1.41. The van der Waals surface area contributed by atoms with E-state index in [1.54, 1.807) is 0 Å². The number of para-hydroxylation sites is 3. The highest BCUT2D eigenvalue weighted by Gasteiger charge is 2.31. The van der Waals surface area contributed by atoms with Crippen LogP contribution in [0.2, 0.25) is 0 Å². The predicted octanol–water partition coefficient (Wildman–Crippen LogP) is 35.0. The standard InChI is InChI=1S/C45H28N4OS.C45H30N4S.C39H26N4S/c1-3-11-29(12-4-1)43-46-44(30-13-5-2-6-14-30)48-45(47-43)31-19-23-34(24-20-31)49-37-16-8-10-18-41(37)51-42-28-33(21-25-38(42)49)32-22-26-40-36(27-32)35-15-7-9-17-39(35)50-40;1-5-13-31(14-6-1)36-23-27-39-41(29-36)50-42-30-37(32-15-7-2-8-16-32)24-28-40(42)49(39)38-25-21-35(22-26-38)45-47-43(33-17-9-3-10-18-33)46-44(48-45)34-19-11-4-12-20-34;1-4-12-27(13-5-1)31-22-25-34-36(26-31)44-35-19-11-10-18-33(35)43(34)32-23-20-30(21-24-32)39-41-37(28-14-6-2-7-15-28)40-38(42-39)29-16-8-3-9-17-29/h1-28H;1-30H;1-26H. The lowest BCUT2D eigenvalue weighted by molar-refractivity contribution is 0.669. The highest BCUT2D eigenvalue weighted by molar-refractivity contribution is 8.00. The SMILES string of the molecule is c1ccc(-c2ccc3c(c2)Sc2cc(-c4ccccc4)ccc2N3c2ccc(-c3nc(-c4ccccc4)nc(-c4ccccc4)n3)cc2)cc1.c1ccc(-c2ccc3c(c2)Sc2ccccc2N3c2ccc(-c3nc(-c4ccccc4)nc(-c4ccccc4)n3)cc2)cc1.c1ccc(-c2nc(-c3ccccc3)nc(-c3ccc(N4c5ccccc5Sc5cc(-c6ccc7oc8ccccc8c7c6)ccc54)cc3)n2)cc1. The summed E-state index contributed by atoms with van der Waals surface area (Å²) in [6.07, 6.45) is 0. The van der Waals surface area contributed by atoms with Crippen molar-refractivity contribution >= 4 is 108 Å². The smallest absolute Gasteiger partial charge is 0.164 e. The van der Waals surface area contributed by atoms with Crippen molar-refractivity contribution in [3.8, 4) is 147 Å². The van der Waals surface area contributed by atoms with Crippen LogP contribution in [0.25, 0.3) is 169 Å². The third-order valence-corrected chi connectivity index (χ3v) is 29.3. The molecule has 0 bridgehead atoms. The minimum Gasteiger partial charge on any atom is -0.456 e. The first-order valence-electron chi connectivity index (χ1n) is 48.0. The van der Waals surface area contributed by atoms with Gasteiger partial charge in [0.15, 0.2) is 52.4 Å². The van der Waals surface area contributed by atoms with Crippen molar-refractivity contribution in [1.29, 1.82) is 0 Å². The quantitative estimate of drug-likeness (QED) is 0.0906. The maximum absolute atomic E-state index is 6.10. The second kappa shape index (κ2) is 39.4. The summed E-state index contributed by atoms with van der Waals surface area (Å²) in [6, 6.07) is 177. The van der Waals surface area contributed by atoms with Crippen LogP contribution in [0, 0.1) is 0 Å². The minimum absolute atomic E-state index is 0.635. The van der Waals surface area contributed by atoms with Crippen molar-refractivity contribution in [1.82, 2.24) is 44.9 Å². The Kier molecular flexibility index (Phi) is 23.9. The topological polar surface area (TPSA) is 139 Å². The van der Waals surface area contributed by atoms with Crippen LogP contribution in [-0.2, 0) is 0 Å². The van der Waals surface area contributed by atoms with E-state index in [1.807, 2.05) is 229 Å². The van der Waals surface area contributed by atoms with Crippen LogP contribution < -0.4 is 14.7 Å². The zero-order valence-electron chi connectivity index (χ0n) is 78.0. The lowest BCUT2D eigenvalue weighted by Crippen LogP contribution is -2.15. The fraction of sp³-hybridized carbons (Fsp3) is 0. The zero-order valence-corrected chi connectivity index (χ0v) is 80.4. The number of benzene rings is 20. The van der Waals surface area contributed by atoms with Gasteiger partial charge in [0.25, 0.3) is 0 Å². The van der Waals surface area contributed by atoms with Gasteiger partial charge in [0.05, 0.1) is 34.1 Å². The monoisotopic (exact) mass is 1910 g/mol. The third-order valence-electron chi connectivity index (χ3n) is 26.0. The fourth-order valence-corrected chi connectivity index (χ4v) is 22.1. The maximum Gasteiger partial charge on any atom is 0.164 e. The van der Waals surface area contributed by atoms with Gasteiger partial charge in [-0.2, -0.15) is 0 Å². The summed E-state index contributed by atoms with van der Waals surface area (Å²) in [4.78, 5) is 58.5. The average molecular weight is 1910 g/mol. The van der Waals surface area contributed by atoms with E-state index in [2.05, 4.69) is 330 Å². The van der Waals surface area contributed by atoms with Crippen LogP contribution in [0.5, 0.6) is 0 Å². The van der Waals surface area contributed by atoms with Crippen LogP contribution in [0.3, 0.4) is 0 Å². The van der Waals surface area contributed by atoms with Gasteiger partial charge in [-0.1, -0.05) is 381 Å². The fourth-order valence-electron chi connectivity index (χ4n) is 18.8. The van der Waals surface area contributed by atoms with E-state index >= 15 is 0 Å². The molecule has 7 heterocycles. The van der Waals surface area contributed by atoms with Gasteiger partial charge in [-0.15, -0.1) is 0 Å². The minimum atomic E-state index is 0.635. The Balaban J connectivity index is 0.000000114. The van der Waals surface area contributed by atoms with E-state index in [0.29, 0.717) is 52.4 Å². The van der Waals surface area contributed by atoms with Gasteiger partial charge in [-0.25, -0.2) is 44.9 Å². The Labute approximate surface area is 851 Å². The van der Waals surface area contributed by atoms with Crippen LogP contribution >= 0.6 is 35.3 Å². The summed E-state index contributed by atoms with van der Waals surface area (Å²) >= 11 is 5.46. The molecule has 27 rings (SSSR count). The van der Waals surface area contributed by atoms with Gasteiger partial charge >= 0.3 is 0 Å². The second-order valence-corrected chi connectivity index (χ2v) is 38.4. The molecular formula is C129H84N12OS3. The summed E-state index contributed by atoms with van der Waals surface area (Å²) in [7, 11) is 0. The molecule has 20 aromatic carbocycles. The molecular weight excluding hydrogens is 1830 g/mol. The van der Waals surface area contributed by atoms with Crippen LogP contribution in [0.4, 0.5) is 51.2 Å². The first-order chi connectivity index (χ1) is 71.8. The van der Waals surface area contributed by atoms with Gasteiger partial charge in [0, 0.05) is 107 Å². The molecule has 13 nitrogen and oxygen atoms in total. The van der Waals surface area contributed by atoms with E-state index in [0.717, 1.165) is 117 Å². The van der Waals surface area contributed by atoms with Crippen molar-refractivity contribution < 1.29 is 4.42 Å². The summed E-state index contributed by atoms with van der Waals surface area (Å²) in [6.45, 7) is 0. The van der Waals surface area contributed by atoms with Crippen LogP contribution in [-0.4, -0.2) is 44.9 Å². The Morgan fingerprint density at radius 3 is 0.614 bits per heavy atom. The molecule has 0 aliphatic carbocycles. The molecule has 0 radical (unpaired) electrons. The van der Waals surface area contributed by atoms with Crippen molar-refractivity contribution in [2.45, 2.75) is 29.4 Å². The normalized spacial score (nSPS) is 12.0.